The smallest absolute Gasteiger partial charge is 0.223 e. The normalized spacial score (nSPS) is 23.7. The molecular formula is C16H30N2O. The molecule has 0 aromatic rings. The van der Waals surface area contributed by atoms with Crippen LogP contribution < -0.4 is 5.32 Å². The van der Waals surface area contributed by atoms with Gasteiger partial charge in [0.25, 0.3) is 0 Å². The van der Waals surface area contributed by atoms with Crippen LogP contribution >= 0.6 is 0 Å². The van der Waals surface area contributed by atoms with Crippen LogP contribution in [0.5, 0.6) is 0 Å². The summed E-state index contributed by atoms with van der Waals surface area (Å²) in [6, 6.07) is 0.271. The molecule has 110 valence electrons. The Hall–Kier alpha value is -0.570. The van der Waals surface area contributed by atoms with Gasteiger partial charge in [0.05, 0.1) is 0 Å². The minimum Gasteiger partial charge on any atom is -0.354 e. The fourth-order valence-electron chi connectivity index (χ4n) is 3.51. The number of nitrogens with one attached hydrogen (secondary N) is 1. The van der Waals surface area contributed by atoms with Crippen molar-refractivity contribution in [2.75, 3.05) is 19.6 Å². The first kappa shape index (κ1) is 14.8. The number of likely N-dealkylation sites (tertiary alicyclic amines) is 1. The Morgan fingerprint density at radius 3 is 2.32 bits per heavy atom. The summed E-state index contributed by atoms with van der Waals surface area (Å²) in [5.74, 6) is 1.45. The van der Waals surface area contributed by atoms with Crippen LogP contribution in [0.3, 0.4) is 0 Å². The number of carbonyl (C=O) groups is 1. The highest BCUT2D eigenvalue weighted by atomic mass is 16.1. The first-order chi connectivity index (χ1) is 9.15. The Kier molecular flexibility index (Phi) is 5.68. The Bertz CT molecular complexity index is 276. The van der Waals surface area contributed by atoms with Crippen LogP contribution in [0.4, 0.5) is 0 Å². The van der Waals surface area contributed by atoms with Crippen molar-refractivity contribution < 1.29 is 4.79 Å². The van der Waals surface area contributed by atoms with Crippen LogP contribution in [0.2, 0.25) is 0 Å². The first-order valence-electron chi connectivity index (χ1n) is 8.18. The van der Waals surface area contributed by atoms with Crippen molar-refractivity contribution in [2.45, 2.75) is 64.8 Å². The first-order valence-corrected chi connectivity index (χ1v) is 8.18. The molecule has 3 nitrogen and oxygen atoms in total. The van der Waals surface area contributed by atoms with Gasteiger partial charge in [-0.1, -0.05) is 19.3 Å². The molecule has 0 atom stereocenters. The summed E-state index contributed by atoms with van der Waals surface area (Å²) in [7, 11) is 0. The summed E-state index contributed by atoms with van der Waals surface area (Å²) in [6.07, 6.45) is 9.24. The van der Waals surface area contributed by atoms with E-state index in [0.717, 1.165) is 31.8 Å². The van der Waals surface area contributed by atoms with Gasteiger partial charge in [0.1, 0.15) is 0 Å². The minimum atomic E-state index is 0.255. The SMILES string of the molecule is CC(C)NC(=O)C1CCN(CC2CCCCC2)CC1. The van der Waals surface area contributed by atoms with Crippen molar-refractivity contribution >= 4 is 5.91 Å². The highest BCUT2D eigenvalue weighted by Gasteiger charge is 2.26. The van der Waals surface area contributed by atoms with E-state index in [1.807, 2.05) is 13.8 Å². The zero-order chi connectivity index (χ0) is 13.7. The highest BCUT2D eigenvalue weighted by Crippen LogP contribution is 2.26. The van der Waals surface area contributed by atoms with E-state index >= 15 is 0 Å². The Morgan fingerprint density at radius 2 is 1.74 bits per heavy atom. The van der Waals surface area contributed by atoms with Gasteiger partial charge in [-0.3, -0.25) is 4.79 Å². The monoisotopic (exact) mass is 266 g/mol. The van der Waals surface area contributed by atoms with Gasteiger partial charge in [-0.15, -0.1) is 0 Å². The van der Waals surface area contributed by atoms with E-state index in [2.05, 4.69) is 10.2 Å². The van der Waals surface area contributed by atoms with Gasteiger partial charge in [0.15, 0.2) is 0 Å². The van der Waals surface area contributed by atoms with Gasteiger partial charge in [-0.05, 0) is 58.5 Å². The predicted molar refractivity (Wildman–Crippen MR) is 79.0 cm³/mol. The third-order valence-corrected chi connectivity index (χ3v) is 4.63. The average Bonchev–Trinajstić information content (AvgIpc) is 2.40. The molecule has 0 spiro atoms. The van der Waals surface area contributed by atoms with Crippen molar-refractivity contribution in [1.29, 1.82) is 0 Å². The van der Waals surface area contributed by atoms with Crippen molar-refractivity contribution in [1.82, 2.24) is 10.2 Å². The van der Waals surface area contributed by atoms with E-state index in [0.29, 0.717) is 0 Å². The molecule has 1 N–H and O–H groups in total. The second-order valence-corrected chi connectivity index (χ2v) is 6.74. The van der Waals surface area contributed by atoms with Gasteiger partial charge in [0, 0.05) is 18.5 Å². The maximum absolute atomic E-state index is 12.0. The molecule has 2 aliphatic rings. The quantitative estimate of drug-likeness (QED) is 0.848. The molecule has 1 aliphatic carbocycles. The molecule has 0 aromatic carbocycles. The molecule has 1 amide bonds. The molecule has 2 rings (SSSR count). The van der Waals surface area contributed by atoms with Crippen LogP contribution in [0, 0.1) is 11.8 Å². The van der Waals surface area contributed by atoms with E-state index in [-0.39, 0.29) is 17.9 Å². The summed E-state index contributed by atoms with van der Waals surface area (Å²) in [6.45, 7) is 7.59. The standard InChI is InChI=1S/C16H30N2O/c1-13(2)17-16(19)15-8-10-18(11-9-15)12-14-6-4-3-5-7-14/h13-15H,3-12H2,1-2H3,(H,17,19). The van der Waals surface area contributed by atoms with E-state index in [9.17, 15) is 4.79 Å². The van der Waals surface area contributed by atoms with Gasteiger partial charge < -0.3 is 10.2 Å². The molecule has 1 saturated heterocycles. The van der Waals surface area contributed by atoms with Crippen molar-refractivity contribution in [3.8, 4) is 0 Å². The molecule has 0 bridgehead atoms. The molecule has 3 heteroatoms. The fraction of sp³-hybridized carbons (Fsp3) is 0.938. The number of amides is 1. The van der Waals surface area contributed by atoms with Crippen LogP contribution in [-0.2, 0) is 4.79 Å². The number of hydrogen-bond donors (Lipinski definition) is 1. The lowest BCUT2D eigenvalue weighted by atomic mass is 9.88. The van der Waals surface area contributed by atoms with Crippen LogP contribution in [0.1, 0.15) is 58.8 Å². The Balaban J connectivity index is 1.68. The van der Waals surface area contributed by atoms with Crippen molar-refractivity contribution in [3.05, 3.63) is 0 Å². The summed E-state index contributed by atoms with van der Waals surface area (Å²) in [5, 5.41) is 3.05. The molecule has 1 saturated carbocycles. The van der Waals surface area contributed by atoms with Gasteiger partial charge >= 0.3 is 0 Å². The molecule has 0 radical (unpaired) electrons. The third kappa shape index (κ3) is 4.79. The zero-order valence-corrected chi connectivity index (χ0v) is 12.7. The zero-order valence-electron chi connectivity index (χ0n) is 12.7. The second-order valence-electron chi connectivity index (χ2n) is 6.74. The largest absolute Gasteiger partial charge is 0.354 e. The molecule has 19 heavy (non-hydrogen) atoms. The summed E-state index contributed by atoms with van der Waals surface area (Å²) < 4.78 is 0. The van der Waals surface area contributed by atoms with Crippen molar-refractivity contribution in [3.63, 3.8) is 0 Å². The Morgan fingerprint density at radius 1 is 1.11 bits per heavy atom. The van der Waals surface area contributed by atoms with Gasteiger partial charge in [0.2, 0.25) is 5.91 Å². The lowest BCUT2D eigenvalue weighted by Gasteiger charge is -2.35. The van der Waals surface area contributed by atoms with E-state index < -0.39 is 0 Å². The summed E-state index contributed by atoms with van der Waals surface area (Å²) in [4.78, 5) is 14.6. The lowest BCUT2D eigenvalue weighted by Crippen LogP contribution is -2.43. The lowest BCUT2D eigenvalue weighted by molar-refractivity contribution is -0.127. The third-order valence-electron chi connectivity index (χ3n) is 4.63. The number of rotatable bonds is 4. The molecular weight excluding hydrogens is 236 g/mol. The second kappa shape index (κ2) is 7.28. The molecule has 0 aromatic heterocycles. The van der Waals surface area contributed by atoms with E-state index in [4.69, 9.17) is 0 Å². The summed E-state index contributed by atoms with van der Waals surface area (Å²) in [5.41, 5.74) is 0. The number of nitrogens with zero attached hydrogens (tertiary/aromatic N) is 1. The topological polar surface area (TPSA) is 32.3 Å². The average molecular weight is 266 g/mol. The molecule has 1 aliphatic heterocycles. The summed E-state index contributed by atoms with van der Waals surface area (Å²) >= 11 is 0. The van der Waals surface area contributed by atoms with Gasteiger partial charge in [-0.25, -0.2) is 0 Å². The predicted octanol–water partition coefficient (Wildman–Crippen LogP) is 2.80. The van der Waals surface area contributed by atoms with E-state index in [1.54, 1.807) is 0 Å². The fourth-order valence-corrected chi connectivity index (χ4v) is 3.51. The maximum Gasteiger partial charge on any atom is 0.223 e. The molecule has 2 fully saturated rings. The van der Waals surface area contributed by atoms with E-state index in [1.165, 1.54) is 38.6 Å². The molecule has 1 heterocycles. The van der Waals surface area contributed by atoms with Crippen LogP contribution in [-0.4, -0.2) is 36.5 Å². The number of carbonyl (C=O) groups excluding carboxylic acids is 1. The maximum atomic E-state index is 12.0. The van der Waals surface area contributed by atoms with Crippen LogP contribution in [0.15, 0.2) is 0 Å². The number of hydrogen-bond acceptors (Lipinski definition) is 2. The van der Waals surface area contributed by atoms with Gasteiger partial charge in [-0.2, -0.15) is 0 Å². The highest BCUT2D eigenvalue weighted by molar-refractivity contribution is 5.78. The minimum absolute atomic E-state index is 0.255. The van der Waals surface area contributed by atoms with Crippen LogP contribution in [0.25, 0.3) is 0 Å². The Labute approximate surface area is 118 Å². The van der Waals surface area contributed by atoms with Crippen molar-refractivity contribution in [2.24, 2.45) is 11.8 Å². The molecule has 0 unspecified atom stereocenters. The number of piperidine rings is 1.